The highest BCUT2D eigenvalue weighted by Crippen LogP contribution is 2.26. The van der Waals surface area contributed by atoms with Gasteiger partial charge in [0.1, 0.15) is 5.52 Å². The molecule has 0 aliphatic carbocycles. The molecule has 1 aromatic heterocycles. The maximum atomic E-state index is 12.6. The molecule has 0 bridgehead atoms. The minimum absolute atomic E-state index is 0.0292. The summed E-state index contributed by atoms with van der Waals surface area (Å²) in [6, 6.07) is 15.0. The van der Waals surface area contributed by atoms with E-state index < -0.39 is 0 Å². The highest BCUT2D eigenvalue weighted by atomic mass is 35.5. The first kappa shape index (κ1) is 16.6. The Bertz CT molecular complexity index is 900. The first-order chi connectivity index (χ1) is 11.5. The van der Waals surface area contributed by atoms with Gasteiger partial charge in [-0.05, 0) is 52.7 Å². The predicted molar refractivity (Wildman–Crippen MR) is 99.6 cm³/mol. The zero-order valence-electron chi connectivity index (χ0n) is 13.4. The summed E-state index contributed by atoms with van der Waals surface area (Å²) in [5.41, 5.74) is 1.65. The largest absolute Gasteiger partial charge is 0.385 e. The van der Waals surface area contributed by atoms with Crippen molar-refractivity contribution in [3.05, 3.63) is 59.1 Å². The summed E-state index contributed by atoms with van der Waals surface area (Å²) >= 11 is 7.47. The lowest BCUT2D eigenvalue weighted by atomic mass is 10.1. The van der Waals surface area contributed by atoms with Crippen molar-refractivity contribution in [1.82, 2.24) is 4.90 Å². The molecule has 0 radical (unpaired) electrons. The topological polar surface area (TPSA) is 36.5 Å². The molecule has 0 N–H and O–H groups in total. The fraction of sp³-hybridized carbons (Fsp3) is 0.167. The number of para-hydroxylation sites is 1. The number of carbonyl (C=O) groups is 1. The lowest BCUT2D eigenvalue weighted by Crippen LogP contribution is -2.37. The van der Waals surface area contributed by atoms with E-state index in [1.54, 1.807) is 41.9 Å². The van der Waals surface area contributed by atoms with Gasteiger partial charge in [-0.15, -0.1) is 0 Å². The van der Waals surface area contributed by atoms with Crippen LogP contribution in [-0.4, -0.2) is 31.1 Å². The van der Waals surface area contributed by atoms with E-state index in [1.807, 2.05) is 47.8 Å². The molecule has 0 amide bonds. The number of hydrogen-bond donors (Lipinski definition) is 0. The number of halogens is 1. The van der Waals surface area contributed by atoms with Gasteiger partial charge in [0.2, 0.25) is 12.1 Å². The third-order valence-corrected chi connectivity index (χ3v) is 4.78. The third-order valence-electron chi connectivity index (χ3n) is 3.46. The molecular weight excluding hydrogens is 342 g/mol. The molecule has 0 saturated carbocycles. The Hall–Kier alpha value is -2.24. The van der Waals surface area contributed by atoms with Crippen LogP contribution in [0.3, 0.4) is 0 Å². The van der Waals surface area contributed by atoms with Gasteiger partial charge in [-0.2, -0.15) is 0 Å². The molecule has 3 aromatic rings. The SMILES string of the molecule is CN(C)/C=N/c1sc2ccccc2[n+]1CC(=O)c1ccc(Cl)cc1. The second-order valence-electron chi connectivity index (χ2n) is 5.58. The molecule has 1 heterocycles. The van der Waals surface area contributed by atoms with Gasteiger partial charge < -0.3 is 4.90 Å². The average molecular weight is 359 g/mol. The van der Waals surface area contributed by atoms with Crippen LogP contribution < -0.4 is 4.57 Å². The summed E-state index contributed by atoms with van der Waals surface area (Å²) in [6.45, 7) is 0.242. The van der Waals surface area contributed by atoms with Crippen LogP contribution in [0.2, 0.25) is 5.02 Å². The number of Topliss-reactive ketones (excluding diaryl/α,β-unsaturated/α-hetero) is 1. The first-order valence-electron chi connectivity index (χ1n) is 7.45. The van der Waals surface area contributed by atoms with Crippen molar-refractivity contribution in [3.63, 3.8) is 0 Å². The van der Waals surface area contributed by atoms with Gasteiger partial charge in [-0.3, -0.25) is 4.79 Å². The molecule has 0 aliphatic rings. The molecule has 2 aromatic carbocycles. The quantitative estimate of drug-likeness (QED) is 0.300. The van der Waals surface area contributed by atoms with E-state index >= 15 is 0 Å². The number of aromatic nitrogens is 1. The van der Waals surface area contributed by atoms with Gasteiger partial charge >= 0.3 is 5.13 Å². The van der Waals surface area contributed by atoms with Gasteiger partial charge in [0.05, 0.1) is 4.70 Å². The molecular formula is C18H17ClN3OS+. The highest BCUT2D eigenvalue weighted by Gasteiger charge is 2.21. The van der Waals surface area contributed by atoms with Crippen molar-refractivity contribution < 1.29 is 9.36 Å². The average Bonchev–Trinajstić information content (AvgIpc) is 2.91. The number of benzene rings is 2. The molecule has 24 heavy (non-hydrogen) atoms. The predicted octanol–water partition coefficient (Wildman–Crippen LogP) is 3.95. The molecule has 6 heteroatoms. The van der Waals surface area contributed by atoms with Crippen molar-refractivity contribution in [2.75, 3.05) is 14.1 Å². The van der Waals surface area contributed by atoms with Gasteiger partial charge in [0.25, 0.3) is 0 Å². The fourth-order valence-corrected chi connectivity index (χ4v) is 3.43. The minimum Gasteiger partial charge on any atom is -0.348 e. The minimum atomic E-state index is 0.0292. The zero-order chi connectivity index (χ0) is 17.1. The summed E-state index contributed by atoms with van der Waals surface area (Å²) in [6.07, 6.45) is 1.74. The van der Waals surface area contributed by atoms with E-state index in [9.17, 15) is 4.79 Å². The standard InChI is InChI=1S/C18H17ClN3OS/c1-21(2)12-20-18-22(15-5-3-4-6-17(15)24-18)11-16(23)13-7-9-14(19)10-8-13/h3-10,12H,11H2,1-2H3/q+1. The van der Waals surface area contributed by atoms with Crippen molar-refractivity contribution in [2.24, 2.45) is 4.99 Å². The molecule has 0 spiro atoms. The van der Waals surface area contributed by atoms with Crippen LogP contribution in [0.15, 0.2) is 53.5 Å². The van der Waals surface area contributed by atoms with E-state index in [0.29, 0.717) is 10.6 Å². The van der Waals surface area contributed by atoms with Crippen molar-refractivity contribution in [2.45, 2.75) is 6.54 Å². The number of ketones is 1. The van der Waals surface area contributed by atoms with Crippen LogP contribution in [0.5, 0.6) is 0 Å². The molecule has 0 unspecified atom stereocenters. The summed E-state index contributed by atoms with van der Waals surface area (Å²) in [5.74, 6) is 0.0292. The number of nitrogens with zero attached hydrogens (tertiary/aromatic N) is 3. The Balaban J connectivity index is 1.99. The van der Waals surface area contributed by atoms with Crippen LogP contribution in [0.25, 0.3) is 10.2 Å². The Labute approximate surface area is 149 Å². The molecule has 3 rings (SSSR count). The molecule has 122 valence electrons. The number of carbonyl (C=O) groups excluding carboxylic acids is 1. The highest BCUT2D eigenvalue weighted by molar-refractivity contribution is 7.21. The lowest BCUT2D eigenvalue weighted by molar-refractivity contribution is -0.640. The molecule has 4 nitrogen and oxygen atoms in total. The normalized spacial score (nSPS) is 11.3. The van der Waals surface area contributed by atoms with Gasteiger partial charge in [0.15, 0.2) is 6.54 Å². The van der Waals surface area contributed by atoms with Crippen LogP contribution in [0, 0.1) is 0 Å². The van der Waals surface area contributed by atoms with Gasteiger partial charge in [-0.1, -0.05) is 23.7 Å². The number of hydrogen-bond acceptors (Lipinski definition) is 3. The maximum Gasteiger partial charge on any atom is 0.385 e. The van der Waals surface area contributed by atoms with E-state index in [1.165, 1.54) is 0 Å². The summed E-state index contributed by atoms with van der Waals surface area (Å²) < 4.78 is 3.06. The smallest absolute Gasteiger partial charge is 0.348 e. The van der Waals surface area contributed by atoms with E-state index in [0.717, 1.165) is 15.3 Å². The van der Waals surface area contributed by atoms with Crippen LogP contribution >= 0.6 is 22.9 Å². The molecule has 0 fully saturated rings. The van der Waals surface area contributed by atoms with Crippen molar-refractivity contribution >= 4 is 50.4 Å². The summed E-state index contributed by atoms with van der Waals surface area (Å²) in [4.78, 5) is 19.0. The van der Waals surface area contributed by atoms with Crippen LogP contribution in [0.4, 0.5) is 5.13 Å². The van der Waals surface area contributed by atoms with Gasteiger partial charge in [-0.25, -0.2) is 4.57 Å². The first-order valence-corrected chi connectivity index (χ1v) is 8.65. The monoisotopic (exact) mass is 358 g/mol. The number of rotatable bonds is 5. The maximum absolute atomic E-state index is 12.6. The molecule has 0 atom stereocenters. The second kappa shape index (κ2) is 7.11. The Morgan fingerprint density at radius 2 is 1.92 bits per heavy atom. The summed E-state index contributed by atoms with van der Waals surface area (Å²) in [7, 11) is 3.83. The molecule has 0 aliphatic heterocycles. The summed E-state index contributed by atoms with van der Waals surface area (Å²) in [5, 5.41) is 1.42. The second-order valence-corrected chi connectivity index (χ2v) is 7.02. The Morgan fingerprint density at radius 1 is 1.21 bits per heavy atom. The fourth-order valence-electron chi connectivity index (χ4n) is 2.31. The zero-order valence-corrected chi connectivity index (χ0v) is 15.0. The van der Waals surface area contributed by atoms with Crippen LogP contribution in [0.1, 0.15) is 10.4 Å². The van der Waals surface area contributed by atoms with E-state index in [-0.39, 0.29) is 12.3 Å². The van der Waals surface area contributed by atoms with Gasteiger partial charge in [0, 0.05) is 24.7 Å². The van der Waals surface area contributed by atoms with E-state index in [2.05, 4.69) is 4.99 Å². The number of fused-ring (bicyclic) bond motifs is 1. The van der Waals surface area contributed by atoms with Crippen molar-refractivity contribution in [1.29, 1.82) is 0 Å². The lowest BCUT2D eigenvalue weighted by Gasteiger charge is -2.01. The molecule has 0 saturated heterocycles. The third kappa shape index (κ3) is 3.63. The number of aliphatic imine (C=N–C) groups is 1. The Kier molecular flexibility index (Phi) is 4.92. The number of thiazole rings is 1. The van der Waals surface area contributed by atoms with E-state index in [4.69, 9.17) is 11.6 Å². The van der Waals surface area contributed by atoms with Crippen LogP contribution in [-0.2, 0) is 6.54 Å². The Morgan fingerprint density at radius 3 is 2.62 bits per heavy atom. The van der Waals surface area contributed by atoms with Crippen molar-refractivity contribution in [3.8, 4) is 0 Å².